The highest BCUT2D eigenvalue weighted by Crippen LogP contribution is 2.36. The van der Waals surface area contributed by atoms with Gasteiger partial charge >= 0.3 is 0 Å². The molecule has 0 unspecified atom stereocenters. The first-order chi connectivity index (χ1) is 14.8. The van der Waals surface area contributed by atoms with E-state index >= 15 is 0 Å². The zero-order chi connectivity index (χ0) is 20.3. The van der Waals surface area contributed by atoms with Crippen molar-refractivity contribution in [3.63, 3.8) is 0 Å². The van der Waals surface area contributed by atoms with Gasteiger partial charge < -0.3 is 15.1 Å². The van der Waals surface area contributed by atoms with Gasteiger partial charge in [0.15, 0.2) is 0 Å². The number of fused-ring (bicyclic) bond motifs is 3. The van der Waals surface area contributed by atoms with Crippen LogP contribution in [0.15, 0.2) is 79.1 Å². The number of carbonyl (C=O) groups excluding carboxylic acids is 1. The van der Waals surface area contributed by atoms with Gasteiger partial charge in [0, 0.05) is 49.9 Å². The number of nitrogens with zero attached hydrogens (tertiary/aromatic N) is 3. The number of para-hydroxylation sites is 2. The lowest BCUT2D eigenvalue weighted by molar-refractivity contribution is -0.126. The third kappa shape index (κ3) is 3.63. The van der Waals surface area contributed by atoms with Crippen molar-refractivity contribution in [1.82, 2.24) is 10.3 Å². The van der Waals surface area contributed by atoms with Crippen molar-refractivity contribution in [2.45, 2.75) is 19.0 Å². The summed E-state index contributed by atoms with van der Waals surface area (Å²) >= 11 is 0. The Labute approximate surface area is 177 Å². The highest BCUT2D eigenvalue weighted by molar-refractivity contribution is 5.82. The Morgan fingerprint density at radius 1 is 0.967 bits per heavy atom. The van der Waals surface area contributed by atoms with Crippen molar-refractivity contribution < 1.29 is 4.79 Å². The van der Waals surface area contributed by atoms with Crippen molar-refractivity contribution in [1.29, 1.82) is 0 Å². The number of amides is 1. The van der Waals surface area contributed by atoms with Crippen LogP contribution < -0.4 is 15.1 Å². The van der Waals surface area contributed by atoms with E-state index in [0.717, 1.165) is 31.6 Å². The zero-order valence-corrected chi connectivity index (χ0v) is 16.9. The minimum Gasteiger partial charge on any atom is -0.368 e. The number of benzene rings is 2. The average molecular weight is 399 g/mol. The van der Waals surface area contributed by atoms with Crippen LogP contribution in [0.5, 0.6) is 0 Å². The normalized spacial score (nSPS) is 20.3. The van der Waals surface area contributed by atoms with E-state index < -0.39 is 0 Å². The number of aromatic nitrogens is 1. The van der Waals surface area contributed by atoms with Gasteiger partial charge in [-0.2, -0.15) is 0 Å². The standard InChI is InChI=1S/C25H26N4O/c30-25(27-17-19-10-12-26-13-11-19)22-16-20-6-4-5-9-23(20)29-15-14-28(18-24(22)29)21-7-2-1-3-8-21/h1-13,22,24H,14-18H2,(H,27,30)/t22-,24-/m0/s1. The Morgan fingerprint density at radius 2 is 1.73 bits per heavy atom. The van der Waals surface area contributed by atoms with Crippen LogP contribution in [0.2, 0.25) is 0 Å². The van der Waals surface area contributed by atoms with Gasteiger partial charge in [-0.05, 0) is 47.9 Å². The first kappa shape index (κ1) is 18.7. The van der Waals surface area contributed by atoms with Crippen LogP contribution in [0.1, 0.15) is 11.1 Å². The van der Waals surface area contributed by atoms with E-state index in [1.807, 2.05) is 18.2 Å². The summed E-state index contributed by atoms with van der Waals surface area (Å²) in [6, 6.07) is 23.1. The number of piperazine rings is 1. The summed E-state index contributed by atoms with van der Waals surface area (Å²) in [5.74, 6) is 0.0551. The topological polar surface area (TPSA) is 48.5 Å². The largest absolute Gasteiger partial charge is 0.368 e. The molecule has 1 aromatic heterocycles. The molecule has 30 heavy (non-hydrogen) atoms. The first-order valence-electron chi connectivity index (χ1n) is 10.6. The fourth-order valence-corrected chi connectivity index (χ4v) is 4.75. The van der Waals surface area contributed by atoms with Crippen LogP contribution in [0.4, 0.5) is 11.4 Å². The van der Waals surface area contributed by atoms with E-state index in [0.29, 0.717) is 6.54 Å². The molecule has 5 heteroatoms. The van der Waals surface area contributed by atoms with Crippen LogP contribution in [0, 0.1) is 5.92 Å². The molecule has 0 spiro atoms. The summed E-state index contributed by atoms with van der Waals surface area (Å²) in [5, 5.41) is 3.18. The lowest BCUT2D eigenvalue weighted by atomic mass is 9.83. The summed E-state index contributed by atoms with van der Waals surface area (Å²) in [7, 11) is 0. The molecule has 5 rings (SSSR count). The van der Waals surface area contributed by atoms with Crippen molar-refractivity contribution in [3.8, 4) is 0 Å². The summed E-state index contributed by atoms with van der Waals surface area (Å²) in [4.78, 5) is 22.2. The molecular formula is C25H26N4O. The molecule has 2 aromatic carbocycles. The lowest BCUT2D eigenvalue weighted by Gasteiger charge is -2.49. The monoisotopic (exact) mass is 398 g/mol. The Hall–Kier alpha value is -3.34. The molecule has 0 aliphatic carbocycles. The molecule has 2 aliphatic rings. The third-order valence-electron chi connectivity index (χ3n) is 6.30. The lowest BCUT2D eigenvalue weighted by Crippen LogP contribution is -2.61. The molecule has 1 amide bonds. The highest BCUT2D eigenvalue weighted by atomic mass is 16.1. The molecule has 0 saturated carbocycles. The van der Waals surface area contributed by atoms with E-state index in [1.54, 1.807) is 12.4 Å². The van der Waals surface area contributed by atoms with E-state index in [2.05, 4.69) is 68.6 Å². The van der Waals surface area contributed by atoms with Crippen LogP contribution in [0.25, 0.3) is 0 Å². The van der Waals surface area contributed by atoms with Crippen LogP contribution in [-0.2, 0) is 17.8 Å². The third-order valence-corrected chi connectivity index (χ3v) is 6.30. The minimum absolute atomic E-state index is 0.0757. The molecular weight excluding hydrogens is 372 g/mol. The molecule has 0 radical (unpaired) electrons. The number of pyridine rings is 1. The quantitative estimate of drug-likeness (QED) is 0.733. The summed E-state index contributed by atoms with van der Waals surface area (Å²) in [6.45, 7) is 3.27. The van der Waals surface area contributed by atoms with E-state index in [-0.39, 0.29) is 17.9 Å². The molecule has 1 N–H and O–H groups in total. The van der Waals surface area contributed by atoms with Gasteiger partial charge in [-0.25, -0.2) is 0 Å². The molecule has 0 bridgehead atoms. The maximum atomic E-state index is 13.3. The minimum atomic E-state index is -0.0757. The number of hydrogen-bond acceptors (Lipinski definition) is 4. The van der Waals surface area contributed by atoms with Gasteiger partial charge in [0.1, 0.15) is 0 Å². The van der Waals surface area contributed by atoms with E-state index in [4.69, 9.17) is 0 Å². The molecule has 3 heterocycles. The van der Waals surface area contributed by atoms with Gasteiger partial charge in [-0.15, -0.1) is 0 Å². The fourth-order valence-electron chi connectivity index (χ4n) is 4.75. The molecule has 2 atom stereocenters. The average Bonchev–Trinajstić information content (AvgIpc) is 2.83. The molecule has 2 aliphatic heterocycles. The number of carbonyl (C=O) groups is 1. The van der Waals surface area contributed by atoms with Crippen molar-refractivity contribution in [3.05, 3.63) is 90.3 Å². The fraction of sp³-hybridized carbons (Fsp3) is 0.280. The van der Waals surface area contributed by atoms with Crippen LogP contribution in [-0.4, -0.2) is 36.6 Å². The first-order valence-corrected chi connectivity index (χ1v) is 10.6. The molecule has 1 saturated heterocycles. The SMILES string of the molecule is O=C(NCc1ccncc1)[C@H]1Cc2ccccc2N2CCN(c3ccccc3)C[C@@H]12. The van der Waals surface area contributed by atoms with Gasteiger partial charge in [-0.3, -0.25) is 9.78 Å². The number of nitrogens with one attached hydrogen (secondary N) is 1. The second-order valence-corrected chi connectivity index (χ2v) is 8.05. The summed E-state index contributed by atoms with van der Waals surface area (Å²) in [5.41, 5.74) is 4.85. The van der Waals surface area contributed by atoms with Gasteiger partial charge in [-0.1, -0.05) is 36.4 Å². The van der Waals surface area contributed by atoms with Crippen molar-refractivity contribution >= 4 is 17.3 Å². The maximum absolute atomic E-state index is 13.3. The Balaban J connectivity index is 1.39. The van der Waals surface area contributed by atoms with E-state index in [1.165, 1.54) is 16.9 Å². The summed E-state index contributed by atoms with van der Waals surface area (Å²) < 4.78 is 0. The predicted molar refractivity (Wildman–Crippen MR) is 120 cm³/mol. The van der Waals surface area contributed by atoms with Gasteiger partial charge in [0.05, 0.1) is 12.0 Å². The Morgan fingerprint density at radius 3 is 2.57 bits per heavy atom. The Bertz CT molecular complexity index is 1010. The number of hydrogen-bond donors (Lipinski definition) is 1. The molecule has 3 aromatic rings. The van der Waals surface area contributed by atoms with Crippen LogP contribution >= 0.6 is 0 Å². The second-order valence-electron chi connectivity index (χ2n) is 8.05. The van der Waals surface area contributed by atoms with Crippen molar-refractivity contribution in [2.75, 3.05) is 29.4 Å². The van der Waals surface area contributed by atoms with Gasteiger partial charge in [0.2, 0.25) is 5.91 Å². The van der Waals surface area contributed by atoms with Crippen LogP contribution in [0.3, 0.4) is 0 Å². The Kier molecular flexibility index (Phi) is 5.10. The maximum Gasteiger partial charge on any atom is 0.225 e. The molecule has 5 nitrogen and oxygen atoms in total. The number of anilines is 2. The van der Waals surface area contributed by atoms with Gasteiger partial charge in [0.25, 0.3) is 0 Å². The highest BCUT2D eigenvalue weighted by Gasteiger charge is 2.41. The smallest absolute Gasteiger partial charge is 0.225 e. The molecule has 1 fully saturated rings. The zero-order valence-electron chi connectivity index (χ0n) is 16.9. The number of rotatable bonds is 4. The van der Waals surface area contributed by atoms with Crippen molar-refractivity contribution in [2.24, 2.45) is 5.92 Å². The second kappa shape index (κ2) is 8.19. The summed E-state index contributed by atoms with van der Waals surface area (Å²) in [6.07, 6.45) is 4.31. The predicted octanol–water partition coefficient (Wildman–Crippen LogP) is 3.27. The van der Waals surface area contributed by atoms with E-state index in [9.17, 15) is 4.79 Å². The molecule has 152 valence electrons.